The van der Waals surface area contributed by atoms with Crippen molar-refractivity contribution in [2.24, 2.45) is 20.0 Å². The van der Waals surface area contributed by atoms with Crippen LogP contribution in [-0.4, -0.2) is 46.1 Å². The van der Waals surface area contributed by atoms with Crippen molar-refractivity contribution in [1.82, 2.24) is 14.0 Å². The SMILES string of the molecule is COc1ccc(C23CCN(C(=O)c4cn(C)c5c(C)cn(C)c(=O)c45)CC2C3(F)F)cc1. The first-order valence-corrected chi connectivity index (χ1v) is 10.6. The lowest BCUT2D eigenvalue weighted by molar-refractivity contribution is 0.0691. The predicted molar refractivity (Wildman–Crippen MR) is 117 cm³/mol. The Balaban J connectivity index is 1.48. The number of piperidine rings is 1. The number of pyridine rings is 1. The molecule has 0 spiro atoms. The van der Waals surface area contributed by atoms with E-state index >= 15 is 8.78 Å². The van der Waals surface area contributed by atoms with Crippen LogP contribution < -0.4 is 10.3 Å². The van der Waals surface area contributed by atoms with E-state index < -0.39 is 17.3 Å². The van der Waals surface area contributed by atoms with E-state index in [4.69, 9.17) is 4.74 Å². The Morgan fingerprint density at radius 3 is 2.44 bits per heavy atom. The molecule has 0 bridgehead atoms. The summed E-state index contributed by atoms with van der Waals surface area (Å²) >= 11 is 0. The Morgan fingerprint density at radius 1 is 1.12 bits per heavy atom. The van der Waals surface area contributed by atoms with Crippen molar-refractivity contribution >= 4 is 16.8 Å². The molecular weight excluding hydrogens is 416 g/mol. The molecule has 1 aliphatic carbocycles. The number of fused-ring (bicyclic) bond motifs is 2. The van der Waals surface area contributed by atoms with Crippen LogP contribution in [0.3, 0.4) is 0 Å². The number of aryl methyl sites for hydroxylation is 3. The van der Waals surface area contributed by atoms with Crippen molar-refractivity contribution in [3.05, 3.63) is 63.7 Å². The number of benzene rings is 1. The molecule has 1 aromatic carbocycles. The number of aromatic nitrogens is 2. The van der Waals surface area contributed by atoms with Gasteiger partial charge in [0.1, 0.15) is 5.75 Å². The van der Waals surface area contributed by atoms with Crippen LogP contribution in [0.2, 0.25) is 0 Å². The Bertz CT molecular complexity index is 1310. The van der Waals surface area contributed by atoms with Crippen molar-refractivity contribution in [2.75, 3.05) is 20.2 Å². The number of carbonyl (C=O) groups is 1. The zero-order valence-corrected chi connectivity index (χ0v) is 18.5. The smallest absolute Gasteiger partial charge is 0.263 e. The van der Waals surface area contributed by atoms with E-state index in [1.165, 1.54) is 16.6 Å². The number of carbonyl (C=O) groups excluding carboxylic acids is 1. The van der Waals surface area contributed by atoms with Gasteiger partial charge in [-0.25, -0.2) is 8.78 Å². The highest BCUT2D eigenvalue weighted by Crippen LogP contribution is 2.70. The fourth-order valence-corrected chi connectivity index (χ4v) is 5.62. The molecule has 6 nitrogen and oxygen atoms in total. The highest BCUT2D eigenvalue weighted by atomic mass is 19.3. The van der Waals surface area contributed by atoms with Crippen LogP contribution in [-0.2, 0) is 19.5 Å². The third-order valence-electron chi connectivity index (χ3n) is 7.32. The highest BCUT2D eigenvalue weighted by Gasteiger charge is 2.81. The lowest BCUT2D eigenvalue weighted by atomic mass is 9.86. The average Bonchev–Trinajstić information content (AvgIpc) is 3.08. The molecule has 0 N–H and O–H groups in total. The number of alkyl halides is 2. The van der Waals surface area contributed by atoms with E-state index in [1.54, 1.807) is 55.3 Å². The topological polar surface area (TPSA) is 56.5 Å². The molecule has 168 valence electrons. The Kier molecular flexibility index (Phi) is 4.32. The van der Waals surface area contributed by atoms with Crippen LogP contribution in [0, 0.1) is 12.8 Å². The molecule has 1 saturated heterocycles. The van der Waals surface area contributed by atoms with Crippen molar-refractivity contribution < 1.29 is 18.3 Å². The first-order valence-electron chi connectivity index (χ1n) is 10.6. The molecule has 32 heavy (non-hydrogen) atoms. The number of amides is 1. The fraction of sp³-hybridized carbons (Fsp3) is 0.417. The molecule has 2 unspecified atom stereocenters. The van der Waals surface area contributed by atoms with E-state index in [0.29, 0.717) is 22.2 Å². The van der Waals surface area contributed by atoms with Crippen LogP contribution >= 0.6 is 0 Å². The van der Waals surface area contributed by atoms with Gasteiger partial charge in [-0.2, -0.15) is 0 Å². The molecule has 5 rings (SSSR count). The third kappa shape index (κ3) is 2.55. The van der Waals surface area contributed by atoms with E-state index in [-0.39, 0.29) is 36.5 Å². The quantitative estimate of drug-likeness (QED) is 0.627. The third-order valence-corrected chi connectivity index (χ3v) is 7.32. The summed E-state index contributed by atoms with van der Waals surface area (Å²) in [5.41, 5.74) is 0.896. The van der Waals surface area contributed by atoms with Gasteiger partial charge in [-0.3, -0.25) is 9.59 Å². The largest absolute Gasteiger partial charge is 0.497 e. The van der Waals surface area contributed by atoms with Gasteiger partial charge in [0.2, 0.25) is 0 Å². The molecule has 3 heterocycles. The molecule has 8 heteroatoms. The number of hydrogen-bond acceptors (Lipinski definition) is 3. The second-order valence-corrected chi connectivity index (χ2v) is 8.98. The number of ether oxygens (including phenoxy) is 1. The number of methoxy groups -OCH3 is 1. The lowest BCUT2D eigenvalue weighted by Crippen LogP contribution is -2.40. The fourth-order valence-electron chi connectivity index (χ4n) is 5.62. The Morgan fingerprint density at radius 2 is 1.81 bits per heavy atom. The van der Waals surface area contributed by atoms with Gasteiger partial charge in [0.05, 0.1) is 34.9 Å². The van der Waals surface area contributed by atoms with Crippen LogP contribution in [0.5, 0.6) is 5.75 Å². The summed E-state index contributed by atoms with van der Waals surface area (Å²) in [6, 6.07) is 6.78. The maximum atomic E-state index is 15.1. The summed E-state index contributed by atoms with van der Waals surface area (Å²) in [6.45, 7) is 2.05. The van der Waals surface area contributed by atoms with Crippen LogP contribution in [0.1, 0.15) is 27.9 Å². The first kappa shape index (κ1) is 20.7. The van der Waals surface area contributed by atoms with E-state index in [1.807, 2.05) is 6.92 Å². The summed E-state index contributed by atoms with van der Waals surface area (Å²) in [6.07, 6.45) is 3.54. The van der Waals surface area contributed by atoms with Crippen molar-refractivity contribution in [3.8, 4) is 5.75 Å². The van der Waals surface area contributed by atoms with Gasteiger partial charge >= 0.3 is 0 Å². The number of rotatable bonds is 3. The first-order chi connectivity index (χ1) is 15.1. The van der Waals surface area contributed by atoms with Crippen LogP contribution in [0.15, 0.2) is 41.5 Å². The van der Waals surface area contributed by atoms with Crippen LogP contribution in [0.25, 0.3) is 10.9 Å². The Hall–Kier alpha value is -3.16. The summed E-state index contributed by atoms with van der Waals surface area (Å²) < 4.78 is 38.5. The number of hydrogen-bond donors (Lipinski definition) is 0. The van der Waals surface area contributed by atoms with Crippen molar-refractivity contribution in [1.29, 1.82) is 0 Å². The summed E-state index contributed by atoms with van der Waals surface area (Å²) in [7, 11) is 4.96. The second-order valence-electron chi connectivity index (χ2n) is 8.98. The summed E-state index contributed by atoms with van der Waals surface area (Å²) in [4.78, 5) is 27.7. The van der Waals surface area contributed by atoms with Gasteiger partial charge in [-0.1, -0.05) is 12.1 Å². The van der Waals surface area contributed by atoms with Gasteiger partial charge in [0.25, 0.3) is 17.4 Å². The molecule has 2 fully saturated rings. The lowest BCUT2D eigenvalue weighted by Gasteiger charge is -2.30. The molecule has 0 radical (unpaired) electrons. The number of likely N-dealkylation sites (tertiary alicyclic amines) is 1. The Labute approximate surface area is 184 Å². The maximum absolute atomic E-state index is 15.1. The maximum Gasteiger partial charge on any atom is 0.263 e. The van der Waals surface area contributed by atoms with Gasteiger partial charge in [-0.15, -0.1) is 0 Å². The molecular formula is C24H25F2N3O3. The average molecular weight is 441 g/mol. The second kappa shape index (κ2) is 6.67. The number of nitrogens with zero attached hydrogens (tertiary/aromatic N) is 3. The normalized spacial score (nSPS) is 23.8. The molecule has 2 aromatic heterocycles. The molecule has 2 aliphatic rings. The van der Waals surface area contributed by atoms with Gasteiger partial charge < -0.3 is 18.8 Å². The minimum Gasteiger partial charge on any atom is -0.497 e. The van der Waals surface area contributed by atoms with Gasteiger partial charge in [0, 0.05) is 39.6 Å². The zero-order chi connectivity index (χ0) is 23.0. The van der Waals surface area contributed by atoms with E-state index in [2.05, 4.69) is 0 Å². The zero-order valence-electron chi connectivity index (χ0n) is 18.5. The molecule has 2 atom stereocenters. The van der Waals surface area contributed by atoms with E-state index in [9.17, 15) is 9.59 Å². The van der Waals surface area contributed by atoms with Crippen LogP contribution in [0.4, 0.5) is 8.78 Å². The van der Waals surface area contributed by atoms with Gasteiger partial charge in [-0.05, 0) is 36.6 Å². The predicted octanol–water partition coefficient (Wildman–Crippen LogP) is 3.24. The molecule has 1 aliphatic heterocycles. The standard InChI is InChI=1S/C24H25F2N3O3/c1-14-11-28(3)22(31)19-17(12-27(2)20(14)19)21(30)29-10-9-23(18(13-29)24(23,25)26)15-5-7-16(32-4)8-6-15/h5-8,11-12,18H,9-10,13H2,1-4H3. The highest BCUT2D eigenvalue weighted by molar-refractivity contribution is 6.07. The van der Waals surface area contributed by atoms with Crippen molar-refractivity contribution in [3.63, 3.8) is 0 Å². The van der Waals surface area contributed by atoms with Crippen molar-refractivity contribution in [2.45, 2.75) is 24.7 Å². The van der Waals surface area contributed by atoms with E-state index in [0.717, 1.165) is 5.56 Å². The summed E-state index contributed by atoms with van der Waals surface area (Å²) in [5.74, 6) is -3.58. The molecule has 1 amide bonds. The monoisotopic (exact) mass is 441 g/mol. The minimum absolute atomic E-state index is 0.0413. The summed E-state index contributed by atoms with van der Waals surface area (Å²) in [5, 5.41) is 0.342. The molecule has 3 aromatic rings. The molecule has 1 saturated carbocycles. The van der Waals surface area contributed by atoms with Gasteiger partial charge in [0.15, 0.2) is 0 Å². The number of halogens is 2. The minimum atomic E-state index is -2.89.